The fourth-order valence-corrected chi connectivity index (χ4v) is 3.65. The van der Waals surface area contributed by atoms with Gasteiger partial charge in [0.05, 0.1) is 5.92 Å². The Morgan fingerprint density at radius 2 is 1.83 bits per heavy atom. The molecule has 0 aromatic carbocycles. The highest BCUT2D eigenvalue weighted by Crippen LogP contribution is 2.51. The molecule has 0 aromatic heterocycles. The Kier molecular flexibility index (Phi) is 2.47. The predicted octanol–water partition coefficient (Wildman–Crippen LogP) is 1.57. The normalized spacial score (nSPS) is 40.9. The van der Waals surface area contributed by atoms with Gasteiger partial charge in [0, 0.05) is 6.04 Å². The van der Waals surface area contributed by atoms with Crippen molar-refractivity contribution >= 4 is 5.91 Å². The summed E-state index contributed by atoms with van der Waals surface area (Å²) in [6.45, 7) is 0. The summed E-state index contributed by atoms with van der Waals surface area (Å²) in [5, 5.41) is 2.22. The minimum absolute atomic E-state index is 0.00169. The topological polar surface area (TPSA) is 55.1 Å². The van der Waals surface area contributed by atoms with Crippen molar-refractivity contribution in [1.82, 2.24) is 5.32 Å². The molecule has 0 radical (unpaired) electrons. The maximum absolute atomic E-state index is 12.8. The Balaban J connectivity index is 1.70. The third-order valence-corrected chi connectivity index (χ3v) is 4.94. The Hall–Kier alpha value is -0.780. The first-order valence-electron chi connectivity index (χ1n) is 6.48. The zero-order chi connectivity index (χ0) is 13.1. The minimum atomic E-state index is -4.34. The van der Waals surface area contributed by atoms with Crippen molar-refractivity contribution in [1.29, 1.82) is 0 Å². The van der Waals surface area contributed by atoms with Crippen LogP contribution in [0.15, 0.2) is 0 Å². The number of rotatable bonds is 2. The van der Waals surface area contributed by atoms with Gasteiger partial charge < -0.3 is 11.1 Å². The molecule has 3 aliphatic carbocycles. The highest BCUT2D eigenvalue weighted by atomic mass is 19.4. The lowest BCUT2D eigenvalue weighted by molar-refractivity contribution is -0.172. The molecule has 3 fully saturated rings. The number of carbonyl (C=O) groups excluding carboxylic acids is 1. The van der Waals surface area contributed by atoms with Crippen LogP contribution in [-0.2, 0) is 4.79 Å². The van der Waals surface area contributed by atoms with Gasteiger partial charge in [0.2, 0.25) is 5.91 Å². The summed E-state index contributed by atoms with van der Waals surface area (Å²) in [6, 6.07) is -0.257. The van der Waals surface area contributed by atoms with Crippen LogP contribution in [0.2, 0.25) is 0 Å². The molecule has 0 saturated heterocycles. The van der Waals surface area contributed by atoms with E-state index in [1.54, 1.807) is 0 Å². The maximum atomic E-state index is 12.8. The van der Waals surface area contributed by atoms with Crippen molar-refractivity contribution in [3.05, 3.63) is 0 Å². The smallest absolute Gasteiger partial charge is 0.342 e. The van der Waals surface area contributed by atoms with E-state index in [0.717, 1.165) is 19.3 Å². The molecule has 3 saturated carbocycles. The van der Waals surface area contributed by atoms with Gasteiger partial charge in [-0.15, -0.1) is 0 Å². The van der Waals surface area contributed by atoms with E-state index in [9.17, 15) is 18.0 Å². The first kappa shape index (κ1) is 12.3. The summed E-state index contributed by atoms with van der Waals surface area (Å²) in [5.74, 6) is -0.381. The average Bonchev–Trinajstić information content (AvgIpc) is 2.80. The summed E-state index contributed by atoms with van der Waals surface area (Å²) >= 11 is 0. The van der Waals surface area contributed by atoms with Crippen LogP contribution < -0.4 is 11.1 Å². The number of hydrogen-bond donors (Lipinski definition) is 2. The second-order valence-electron chi connectivity index (χ2n) is 6.01. The summed E-state index contributed by atoms with van der Waals surface area (Å²) in [7, 11) is 0. The Labute approximate surface area is 103 Å². The number of fused-ring (bicyclic) bond motifs is 2. The fourth-order valence-electron chi connectivity index (χ4n) is 3.65. The van der Waals surface area contributed by atoms with Gasteiger partial charge in [0.15, 0.2) is 0 Å². The van der Waals surface area contributed by atoms with Crippen LogP contribution in [0.3, 0.4) is 0 Å². The molecule has 3 N–H and O–H groups in total. The van der Waals surface area contributed by atoms with E-state index in [4.69, 9.17) is 5.73 Å². The summed E-state index contributed by atoms with van der Waals surface area (Å²) in [6.07, 6.45) is -1.51. The van der Waals surface area contributed by atoms with Crippen LogP contribution in [0, 0.1) is 17.8 Å². The lowest BCUT2D eigenvalue weighted by Crippen LogP contribution is -2.53. The zero-order valence-electron chi connectivity index (χ0n) is 9.96. The quantitative estimate of drug-likeness (QED) is 0.793. The monoisotopic (exact) mass is 262 g/mol. The van der Waals surface area contributed by atoms with Gasteiger partial charge in [-0.1, -0.05) is 0 Å². The Morgan fingerprint density at radius 3 is 2.28 bits per heavy atom. The van der Waals surface area contributed by atoms with Crippen LogP contribution in [0.4, 0.5) is 13.2 Å². The third kappa shape index (κ3) is 1.65. The van der Waals surface area contributed by atoms with Crippen molar-refractivity contribution in [2.45, 2.75) is 49.9 Å². The van der Waals surface area contributed by atoms with E-state index in [0.29, 0.717) is 5.92 Å². The van der Waals surface area contributed by atoms with E-state index in [2.05, 4.69) is 5.32 Å². The Morgan fingerprint density at radius 1 is 1.22 bits per heavy atom. The molecule has 0 aromatic rings. The fraction of sp³-hybridized carbons (Fsp3) is 0.917. The molecule has 18 heavy (non-hydrogen) atoms. The number of halogens is 3. The van der Waals surface area contributed by atoms with Crippen molar-refractivity contribution in [3.63, 3.8) is 0 Å². The van der Waals surface area contributed by atoms with E-state index < -0.39 is 23.5 Å². The molecule has 4 atom stereocenters. The van der Waals surface area contributed by atoms with Gasteiger partial charge in [-0.25, -0.2) is 0 Å². The predicted molar refractivity (Wildman–Crippen MR) is 58.5 cm³/mol. The highest BCUT2D eigenvalue weighted by molar-refractivity contribution is 5.81. The third-order valence-electron chi connectivity index (χ3n) is 4.94. The maximum Gasteiger partial charge on any atom is 0.411 e. The number of nitrogens with one attached hydrogen (secondary N) is 1. The second kappa shape index (κ2) is 3.62. The van der Waals surface area contributed by atoms with Gasteiger partial charge in [-0.3, -0.25) is 4.79 Å². The highest BCUT2D eigenvalue weighted by Gasteiger charge is 2.65. The van der Waals surface area contributed by atoms with E-state index in [-0.39, 0.29) is 24.8 Å². The molecular weight excluding hydrogens is 245 g/mol. The van der Waals surface area contributed by atoms with Gasteiger partial charge in [0.1, 0.15) is 5.54 Å². The molecule has 0 spiro atoms. The van der Waals surface area contributed by atoms with Crippen molar-refractivity contribution in [2.24, 2.45) is 23.5 Å². The molecule has 6 heteroatoms. The largest absolute Gasteiger partial charge is 0.411 e. The summed E-state index contributed by atoms with van der Waals surface area (Å²) in [5.41, 5.74) is 4.02. The number of carbonyl (C=O) groups is 1. The minimum Gasteiger partial charge on any atom is -0.342 e. The SMILES string of the molecule is NC1C2CCC(C2)C1C(=O)NC1(C(F)(F)F)CC1. The van der Waals surface area contributed by atoms with E-state index in [1.165, 1.54) is 0 Å². The molecule has 3 nitrogen and oxygen atoms in total. The van der Waals surface area contributed by atoms with Gasteiger partial charge in [-0.05, 0) is 43.9 Å². The first-order valence-corrected chi connectivity index (χ1v) is 6.48. The van der Waals surface area contributed by atoms with Crippen LogP contribution in [-0.4, -0.2) is 23.7 Å². The zero-order valence-corrected chi connectivity index (χ0v) is 9.96. The van der Waals surface area contributed by atoms with Crippen molar-refractivity contribution in [2.75, 3.05) is 0 Å². The molecule has 0 aliphatic heterocycles. The van der Waals surface area contributed by atoms with Crippen LogP contribution in [0.5, 0.6) is 0 Å². The van der Waals surface area contributed by atoms with E-state index in [1.807, 2.05) is 0 Å². The molecule has 3 aliphatic rings. The standard InChI is InChI=1S/C12H17F3N2O/c13-12(14,15)11(3-4-11)17-10(18)8-6-1-2-7(5-6)9(8)16/h6-9H,1-5,16H2,(H,17,18). The molecule has 0 heterocycles. The summed E-state index contributed by atoms with van der Waals surface area (Å²) < 4.78 is 38.3. The molecule has 1 amide bonds. The van der Waals surface area contributed by atoms with Crippen LogP contribution >= 0.6 is 0 Å². The molecular formula is C12H17F3N2O. The van der Waals surface area contributed by atoms with Gasteiger partial charge in [-0.2, -0.15) is 13.2 Å². The molecule has 102 valence electrons. The number of alkyl halides is 3. The van der Waals surface area contributed by atoms with Crippen LogP contribution in [0.25, 0.3) is 0 Å². The number of amides is 1. The molecule has 3 rings (SSSR count). The van der Waals surface area contributed by atoms with Gasteiger partial charge in [0.25, 0.3) is 0 Å². The van der Waals surface area contributed by atoms with E-state index >= 15 is 0 Å². The van der Waals surface area contributed by atoms with Gasteiger partial charge >= 0.3 is 6.18 Å². The Bertz CT molecular complexity index is 376. The average molecular weight is 262 g/mol. The van der Waals surface area contributed by atoms with Crippen molar-refractivity contribution < 1.29 is 18.0 Å². The van der Waals surface area contributed by atoms with Crippen molar-refractivity contribution in [3.8, 4) is 0 Å². The molecule has 2 bridgehead atoms. The number of nitrogens with two attached hydrogens (primary N) is 1. The molecule has 4 unspecified atom stereocenters. The second-order valence-corrected chi connectivity index (χ2v) is 6.01. The summed E-state index contributed by atoms with van der Waals surface area (Å²) in [4.78, 5) is 12.1. The lowest BCUT2D eigenvalue weighted by Gasteiger charge is -2.30. The first-order chi connectivity index (χ1) is 8.34. The lowest BCUT2D eigenvalue weighted by atomic mass is 9.84. The van der Waals surface area contributed by atoms with Crippen LogP contribution in [0.1, 0.15) is 32.1 Å². The number of hydrogen-bond acceptors (Lipinski definition) is 2.